The highest BCUT2D eigenvalue weighted by Gasteiger charge is 2.10. The molecule has 0 atom stereocenters. The number of hydrogen-bond acceptors (Lipinski definition) is 3. The van der Waals surface area contributed by atoms with Crippen molar-refractivity contribution in [2.24, 2.45) is 5.73 Å². The summed E-state index contributed by atoms with van der Waals surface area (Å²) in [6.07, 6.45) is 1.76. The van der Waals surface area contributed by atoms with Gasteiger partial charge >= 0.3 is 0 Å². The highest BCUT2D eigenvalue weighted by Crippen LogP contribution is 2.32. The van der Waals surface area contributed by atoms with Gasteiger partial charge in [-0.25, -0.2) is 0 Å². The number of fused-ring (bicyclic) bond motifs is 1. The number of benzene rings is 2. The van der Waals surface area contributed by atoms with Crippen molar-refractivity contribution in [3.63, 3.8) is 0 Å². The fourth-order valence-electron chi connectivity index (χ4n) is 2.07. The Morgan fingerprint density at radius 2 is 1.95 bits per heavy atom. The molecule has 3 rings (SSSR count). The maximum Gasteiger partial charge on any atom is 0.137 e. The highest BCUT2D eigenvalue weighted by atomic mass is 79.9. The minimum atomic E-state index is 0.296. The van der Waals surface area contributed by atoms with Crippen LogP contribution in [0.4, 0.5) is 0 Å². The van der Waals surface area contributed by atoms with E-state index >= 15 is 0 Å². The molecule has 0 aliphatic heterocycles. The van der Waals surface area contributed by atoms with Crippen LogP contribution < -0.4 is 10.5 Å². The molecule has 2 N–H and O–H groups in total. The molecule has 0 amide bonds. The van der Waals surface area contributed by atoms with Crippen molar-refractivity contribution in [3.05, 3.63) is 64.8 Å². The van der Waals surface area contributed by atoms with E-state index in [0.717, 1.165) is 21.1 Å². The lowest BCUT2D eigenvalue weighted by molar-refractivity contribution is 0.487. The summed E-state index contributed by atoms with van der Waals surface area (Å²) in [5.74, 6) is 1.35. The molecule has 104 valence electrons. The fraction of sp³-hybridized carbons (Fsp3) is 0. The second kappa shape index (κ2) is 5.79. The van der Waals surface area contributed by atoms with Gasteiger partial charge in [0, 0.05) is 16.1 Å². The van der Waals surface area contributed by atoms with Crippen LogP contribution in [-0.2, 0) is 0 Å². The molecule has 0 spiro atoms. The zero-order valence-electron chi connectivity index (χ0n) is 10.9. The second-order valence-electron chi connectivity index (χ2n) is 4.43. The van der Waals surface area contributed by atoms with Crippen LogP contribution in [0.1, 0.15) is 5.56 Å². The minimum Gasteiger partial charge on any atom is -0.456 e. The number of aromatic nitrogens is 1. The van der Waals surface area contributed by atoms with Gasteiger partial charge < -0.3 is 10.5 Å². The zero-order chi connectivity index (χ0) is 14.8. The summed E-state index contributed by atoms with van der Waals surface area (Å²) in [4.78, 5) is 4.61. The van der Waals surface area contributed by atoms with Crippen molar-refractivity contribution in [2.45, 2.75) is 0 Å². The van der Waals surface area contributed by atoms with Crippen molar-refractivity contribution < 1.29 is 4.74 Å². The minimum absolute atomic E-state index is 0.296. The van der Waals surface area contributed by atoms with Gasteiger partial charge in [-0.3, -0.25) is 4.98 Å². The smallest absolute Gasteiger partial charge is 0.137 e. The summed E-state index contributed by atoms with van der Waals surface area (Å²) in [6.45, 7) is 0. The first kappa shape index (κ1) is 14.0. The van der Waals surface area contributed by atoms with Gasteiger partial charge in [0.2, 0.25) is 0 Å². The third-order valence-corrected chi connectivity index (χ3v) is 3.75. The van der Waals surface area contributed by atoms with Crippen LogP contribution in [0, 0.1) is 0 Å². The van der Waals surface area contributed by atoms with E-state index in [-0.39, 0.29) is 0 Å². The van der Waals surface area contributed by atoms with E-state index in [0.29, 0.717) is 16.3 Å². The van der Waals surface area contributed by atoms with Gasteiger partial charge in [0.05, 0.1) is 11.1 Å². The predicted octanol–water partition coefficient (Wildman–Crippen LogP) is 4.42. The maximum absolute atomic E-state index is 6.01. The van der Waals surface area contributed by atoms with Crippen molar-refractivity contribution in [2.75, 3.05) is 0 Å². The molecule has 5 heteroatoms. The van der Waals surface area contributed by atoms with Crippen molar-refractivity contribution in [1.82, 2.24) is 4.98 Å². The predicted molar refractivity (Wildman–Crippen MR) is 91.8 cm³/mol. The number of thiocarbonyl (C=S) groups is 1. The number of nitrogens with two attached hydrogens (primary N) is 1. The Kier molecular flexibility index (Phi) is 3.86. The van der Waals surface area contributed by atoms with E-state index in [1.54, 1.807) is 6.20 Å². The lowest BCUT2D eigenvalue weighted by atomic mass is 10.2. The molecule has 0 saturated carbocycles. The Bertz CT molecular complexity index is 830. The number of halogens is 1. The van der Waals surface area contributed by atoms with Gasteiger partial charge in [-0.15, -0.1) is 0 Å². The normalized spacial score (nSPS) is 10.5. The Hall–Kier alpha value is -1.98. The Morgan fingerprint density at radius 1 is 1.10 bits per heavy atom. The molecule has 0 radical (unpaired) electrons. The van der Waals surface area contributed by atoms with Crippen molar-refractivity contribution in [1.29, 1.82) is 0 Å². The molecular formula is C16H11BrN2OS. The van der Waals surface area contributed by atoms with E-state index in [1.165, 1.54) is 0 Å². The first-order valence-corrected chi connectivity index (χ1v) is 7.46. The summed E-state index contributed by atoms with van der Waals surface area (Å²) in [5, 5.41) is 0.941. The molecule has 1 aromatic heterocycles. The fourth-order valence-corrected chi connectivity index (χ4v) is 2.59. The molecule has 3 aromatic rings. The van der Waals surface area contributed by atoms with E-state index in [9.17, 15) is 0 Å². The van der Waals surface area contributed by atoms with E-state index in [2.05, 4.69) is 20.9 Å². The first-order valence-electron chi connectivity index (χ1n) is 6.26. The number of ether oxygens (including phenoxy) is 1. The van der Waals surface area contributed by atoms with E-state index in [4.69, 9.17) is 22.7 Å². The summed E-state index contributed by atoms with van der Waals surface area (Å²) < 4.78 is 6.91. The average molecular weight is 359 g/mol. The van der Waals surface area contributed by atoms with Crippen LogP contribution in [0.5, 0.6) is 11.5 Å². The topological polar surface area (TPSA) is 48.1 Å². The van der Waals surface area contributed by atoms with Crippen LogP contribution >= 0.6 is 28.1 Å². The standard InChI is InChI=1S/C16H11BrN2OS/c17-10-6-7-15(12(9-10)16(18)21)20-14-5-1-4-13-11(14)3-2-8-19-13/h1-9H,(H2,18,21). The number of rotatable bonds is 3. The summed E-state index contributed by atoms with van der Waals surface area (Å²) in [6, 6.07) is 15.2. The van der Waals surface area contributed by atoms with Crippen LogP contribution in [0.2, 0.25) is 0 Å². The SMILES string of the molecule is NC(=S)c1cc(Br)ccc1Oc1cccc2ncccc12. The van der Waals surface area contributed by atoms with Crippen LogP contribution in [0.15, 0.2) is 59.2 Å². The van der Waals surface area contributed by atoms with E-state index < -0.39 is 0 Å². The molecule has 0 aliphatic carbocycles. The third-order valence-electron chi connectivity index (χ3n) is 3.03. The maximum atomic E-state index is 6.01. The molecule has 0 saturated heterocycles. The largest absolute Gasteiger partial charge is 0.456 e. The number of pyridine rings is 1. The van der Waals surface area contributed by atoms with Gasteiger partial charge in [0.15, 0.2) is 0 Å². The van der Waals surface area contributed by atoms with E-state index in [1.807, 2.05) is 48.5 Å². The molecule has 0 unspecified atom stereocenters. The molecule has 21 heavy (non-hydrogen) atoms. The second-order valence-corrected chi connectivity index (χ2v) is 5.79. The lowest BCUT2D eigenvalue weighted by Crippen LogP contribution is -2.10. The molecule has 0 aliphatic rings. The average Bonchev–Trinajstić information content (AvgIpc) is 2.49. The lowest BCUT2D eigenvalue weighted by Gasteiger charge is -2.12. The third kappa shape index (κ3) is 2.89. The summed E-state index contributed by atoms with van der Waals surface area (Å²) in [7, 11) is 0. The van der Waals surface area contributed by atoms with Crippen molar-refractivity contribution >= 4 is 44.0 Å². The van der Waals surface area contributed by atoms with Crippen molar-refractivity contribution in [3.8, 4) is 11.5 Å². The molecule has 1 heterocycles. The molecular weight excluding hydrogens is 348 g/mol. The van der Waals surface area contributed by atoms with Gasteiger partial charge in [-0.2, -0.15) is 0 Å². The molecule has 3 nitrogen and oxygen atoms in total. The zero-order valence-corrected chi connectivity index (χ0v) is 13.3. The monoisotopic (exact) mass is 358 g/mol. The van der Waals surface area contributed by atoms with Crippen LogP contribution in [0.3, 0.4) is 0 Å². The summed E-state index contributed by atoms with van der Waals surface area (Å²) >= 11 is 8.49. The number of nitrogens with zero attached hydrogens (tertiary/aromatic N) is 1. The van der Waals surface area contributed by atoms with Crippen LogP contribution in [-0.4, -0.2) is 9.97 Å². The molecule has 0 fully saturated rings. The van der Waals surface area contributed by atoms with Gasteiger partial charge in [-0.1, -0.05) is 34.2 Å². The Balaban J connectivity index is 2.09. The Labute approximate surface area is 135 Å². The molecule has 0 bridgehead atoms. The van der Waals surface area contributed by atoms with Crippen LogP contribution in [0.25, 0.3) is 10.9 Å². The van der Waals surface area contributed by atoms with Gasteiger partial charge in [0.25, 0.3) is 0 Å². The van der Waals surface area contributed by atoms with Gasteiger partial charge in [-0.05, 0) is 42.5 Å². The number of hydrogen-bond donors (Lipinski definition) is 1. The quantitative estimate of drug-likeness (QED) is 0.703. The highest BCUT2D eigenvalue weighted by molar-refractivity contribution is 9.10. The van der Waals surface area contributed by atoms with Gasteiger partial charge in [0.1, 0.15) is 16.5 Å². The summed E-state index contributed by atoms with van der Waals surface area (Å²) in [5.41, 5.74) is 7.34. The Morgan fingerprint density at radius 3 is 2.76 bits per heavy atom. The first-order chi connectivity index (χ1) is 10.1. The molecule has 2 aromatic carbocycles.